The van der Waals surface area contributed by atoms with Gasteiger partial charge in [-0.3, -0.25) is 4.57 Å². The van der Waals surface area contributed by atoms with Gasteiger partial charge in [-0.25, -0.2) is 4.98 Å². The molecule has 0 saturated carbocycles. The number of nitrogens with one attached hydrogen (secondary N) is 1. The SMILES string of the molecule is CCOP(=O)(OCC)C1Nc2ccccc2Oc2nc3ccc(C)cc3cc21. The largest absolute Gasteiger partial charge is 0.436 e. The van der Waals surface area contributed by atoms with Crippen LogP contribution >= 0.6 is 7.60 Å². The summed E-state index contributed by atoms with van der Waals surface area (Å²) in [5, 5.41) is 4.27. The fraction of sp³-hybridized carbons (Fsp3) is 0.286. The number of anilines is 1. The topological polar surface area (TPSA) is 69.7 Å². The van der Waals surface area contributed by atoms with Crippen molar-refractivity contribution in [3.8, 4) is 11.6 Å². The Morgan fingerprint density at radius 3 is 2.61 bits per heavy atom. The smallest absolute Gasteiger partial charge is 0.357 e. The molecule has 28 heavy (non-hydrogen) atoms. The molecule has 7 heteroatoms. The molecule has 2 aromatic carbocycles. The molecule has 0 spiro atoms. The van der Waals surface area contributed by atoms with Crippen LogP contribution in [0.25, 0.3) is 10.9 Å². The van der Waals surface area contributed by atoms with Gasteiger partial charge in [0.05, 0.1) is 24.4 Å². The van der Waals surface area contributed by atoms with Gasteiger partial charge in [0.1, 0.15) is 0 Å². The van der Waals surface area contributed by atoms with Crippen molar-refractivity contribution in [2.75, 3.05) is 18.5 Å². The summed E-state index contributed by atoms with van der Waals surface area (Å²) in [6, 6.07) is 15.5. The van der Waals surface area contributed by atoms with Crippen LogP contribution in [0.3, 0.4) is 0 Å². The molecule has 0 amide bonds. The number of fused-ring (bicyclic) bond motifs is 3. The molecule has 0 aliphatic carbocycles. The van der Waals surface area contributed by atoms with Crippen molar-refractivity contribution < 1.29 is 18.3 Å². The van der Waals surface area contributed by atoms with E-state index < -0.39 is 13.4 Å². The van der Waals surface area contributed by atoms with E-state index in [9.17, 15) is 4.57 Å². The first-order valence-corrected chi connectivity index (χ1v) is 11.0. The lowest BCUT2D eigenvalue weighted by Crippen LogP contribution is -2.15. The molecule has 2 heterocycles. The minimum atomic E-state index is -3.53. The molecule has 6 nitrogen and oxygen atoms in total. The van der Waals surface area contributed by atoms with Crippen LogP contribution in [0.4, 0.5) is 5.69 Å². The number of aromatic nitrogens is 1. The highest BCUT2D eigenvalue weighted by atomic mass is 31.2. The highest BCUT2D eigenvalue weighted by Crippen LogP contribution is 2.63. The molecule has 4 rings (SSSR count). The molecule has 1 aliphatic heterocycles. The van der Waals surface area contributed by atoms with Gasteiger partial charge in [-0.05, 0) is 51.1 Å². The third-order valence-electron chi connectivity index (χ3n) is 4.58. The fourth-order valence-electron chi connectivity index (χ4n) is 3.37. The lowest BCUT2D eigenvalue weighted by atomic mass is 10.1. The fourth-order valence-corrected chi connectivity index (χ4v) is 5.29. The molecule has 3 aromatic rings. The Kier molecular flexibility index (Phi) is 5.11. The number of nitrogens with zero attached hydrogens (tertiary/aromatic N) is 1. The third kappa shape index (κ3) is 3.39. The van der Waals surface area contributed by atoms with Crippen LogP contribution < -0.4 is 10.1 Å². The number of para-hydroxylation sites is 2. The molecular weight excluding hydrogens is 375 g/mol. The maximum atomic E-state index is 13.7. The van der Waals surface area contributed by atoms with Crippen LogP contribution in [-0.2, 0) is 13.6 Å². The molecule has 1 aliphatic rings. The van der Waals surface area contributed by atoms with E-state index in [1.165, 1.54) is 0 Å². The second-order valence-corrected chi connectivity index (χ2v) is 8.71. The summed E-state index contributed by atoms with van der Waals surface area (Å²) in [6.45, 7) is 6.17. The summed E-state index contributed by atoms with van der Waals surface area (Å²) >= 11 is 0. The minimum Gasteiger partial charge on any atom is -0.436 e. The number of ether oxygens (including phenoxy) is 1. The van der Waals surface area contributed by atoms with E-state index in [0.29, 0.717) is 22.9 Å². The molecule has 0 fully saturated rings. The minimum absolute atomic E-state index is 0.271. The Bertz CT molecular complexity index is 1060. The number of pyridine rings is 1. The van der Waals surface area contributed by atoms with Crippen molar-refractivity contribution >= 4 is 24.2 Å². The van der Waals surface area contributed by atoms with Crippen LogP contribution in [0.2, 0.25) is 0 Å². The molecule has 0 saturated heterocycles. The quantitative estimate of drug-likeness (QED) is 0.530. The van der Waals surface area contributed by atoms with Crippen LogP contribution in [0.5, 0.6) is 11.6 Å². The standard InChI is InChI=1S/C21H23N2O4P/c1-4-25-28(24,26-5-2)21-16-13-15-12-14(3)10-11-17(15)22-20(16)27-19-9-7-6-8-18(19)23-21/h6-13,21,23H,4-5H2,1-3H3. The van der Waals surface area contributed by atoms with E-state index in [1.54, 1.807) is 13.8 Å². The Labute approximate surface area is 164 Å². The predicted molar refractivity (Wildman–Crippen MR) is 110 cm³/mol. The van der Waals surface area contributed by atoms with Crippen molar-refractivity contribution in [1.29, 1.82) is 0 Å². The molecule has 146 valence electrons. The first kappa shape index (κ1) is 18.9. The summed E-state index contributed by atoms with van der Waals surface area (Å²) in [6.07, 6.45) is 0. The Morgan fingerprint density at radius 2 is 1.86 bits per heavy atom. The van der Waals surface area contributed by atoms with E-state index >= 15 is 0 Å². The number of aryl methyl sites for hydroxylation is 1. The van der Waals surface area contributed by atoms with Gasteiger partial charge in [0.15, 0.2) is 11.5 Å². The summed E-state index contributed by atoms with van der Waals surface area (Å²) in [5.41, 5.74) is 3.30. The Hall–Kier alpha value is -2.40. The number of hydrogen-bond donors (Lipinski definition) is 1. The highest BCUT2D eigenvalue weighted by Gasteiger charge is 2.41. The van der Waals surface area contributed by atoms with Gasteiger partial charge < -0.3 is 19.1 Å². The zero-order valence-corrected chi connectivity index (χ0v) is 17.0. The van der Waals surface area contributed by atoms with Crippen molar-refractivity contribution in [2.45, 2.75) is 26.6 Å². The predicted octanol–water partition coefficient (Wildman–Crippen LogP) is 6.03. The maximum Gasteiger partial charge on any atom is 0.357 e. The summed E-state index contributed by atoms with van der Waals surface area (Å²) in [4.78, 5) is 4.71. The van der Waals surface area contributed by atoms with Crippen LogP contribution in [0, 0.1) is 6.92 Å². The first-order chi connectivity index (χ1) is 13.5. The van der Waals surface area contributed by atoms with Gasteiger partial charge in [0.25, 0.3) is 0 Å². The average Bonchev–Trinajstić information content (AvgIpc) is 2.83. The molecular formula is C21H23N2O4P. The average molecular weight is 398 g/mol. The third-order valence-corrected chi connectivity index (χ3v) is 6.85. The van der Waals surface area contributed by atoms with Gasteiger partial charge in [-0.15, -0.1) is 0 Å². The van der Waals surface area contributed by atoms with Gasteiger partial charge >= 0.3 is 7.60 Å². The molecule has 0 radical (unpaired) electrons. The highest BCUT2D eigenvalue weighted by molar-refractivity contribution is 7.54. The van der Waals surface area contributed by atoms with Gasteiger partial charge in [0.2, 0.25) is 5.88 Å². The van der Waals surface area contributed by atoms with Crippen LogP contribution in [0.15, 0.2) is 48.5 Å². The van der Waals surface area contributed by atoms with E-state index in [-0.39, 0.29) is 13.2 Å². The van der Waals surface area contributed by atoms with E-state index in [1.807, 2.05) is 55.5 Å². The van der Waals surface area contributed by atoms with Gasteiger partial charge in [-0.2, -0.15) is 0 Å². The lowest BCUT2D eigenvalue weighted by Gasteiger charge is -2.27. The van der Waals surface area contributed by atoms with Crippen LogP contribution in [-0.4, -0.2) is 18.2 Å². The number of hydrogen-bond acceptors (Lipinski definition) is 6. The lowest BCUT2D eigenvalue weighted by molar-refractivity contribution is 0.214. The molecule has 1 unspecified atom stereocenters. The van der Waals surface area contributed by atoms with Gasteiger partial charge in [0, 0.05) is 10.9 Å². The first-order valence-electron chi connectivity index (χ1n) is 9.37. The zero-order chi connectivity index (χ0) is 19.7. The summed E-state index contributed by atoms with van der Waals surface area (Å²) in [7, 11) is -3.53. The van der Waals surface area contributed by atoms with Crippen molar-refractivity contribution in [1.82, 2.24) is 4.98 Å². The maximum absolute atomic E-state index is 13.7. The summed E-state index contributed by atoms with van der Waals surface area (Å²) in [5.74, 6) is 0.284. The number of rotatable bonds is 5. The van der Waals surface area contributed by atoms with Crippen molar-refractivity contribution in [2.24, 2.45) is 0 Å². The molecule has 0 bridgehead atoms. The van der Waals surface area contributed by atoms with Crippen LogP contribution in [0.1, 0.15) is 30.8 Å². The van der Waals surface area contributed by atoms with Crippen molar-refractivity contribution in [3.63, 3.8) is 0 Å². The van der Waals surface area contributed by atoms with Gasteiger partial charge in [-0.1, -0.05) is 23.8 Å². The number of benzene rings is 2. The zero-order valence-electron chi connectivity index (χ0n) is 16.1. The monoisotopic (exact) mass is 398 g/mol. The van der Waals surface area contributed by atoms with Crippen molar-refractivity contribution in [3.05, 3.63) is 59.7 Å². The second-order valence-electron chi connectivity index (χ2n) is 6.60. The molecule has 1 aromatic heterocycles. The Morgan fingerprint density at radius 1 is 1.11 bits per heavy atom. The van der Waals surface area contributed by atoms with E-state index in [0.717, 1.165) is 16.5 Å². The summed E-state index contributed by atoms with van der Waals surface area (Å²) < 4.78 is 31.1. The normalized spacial score (nSPS) is 15.9. The molecule has 1 atom stereocenters. The molecule has 1 N–H and O–H groups in total. The van der Waals surface area contributed by atoms with E-state index in [4.69, 9.17) is 18.8 Å². The second kappa shape index (κ2) is 7.55. The Balaban J connectivity index is 1.95. The van der Waals surface area contributed by atoms with E-state index in [2.05, 4.69) is 5.32 Å².